The Morgan fingerprint density at radius 1 is 1.10 bits per heavy atom. The number of ether oxygens (including phenoxy) is 3. The molecule has 1 aromatic carbocycles. The molecule has 2 aromatic rings. The van der Waals surface area contributed by atoms with Crippen LogP contribution >= 0.6 is 11.5 Å². The maximum Gasteiger partial charge on any atom is 0.205 e. The molecule has 1 fully saturated rings. The highest BCUT2D eigenvalue weighted by Gasteiger charge is 2.22. The zero-order valence-electron chi connectivity index (χ0n) is 18.3. The van der Waals surface area contributed by atoms with Crippen LogP contribution in [-0.2, 0) is 13.0 Å². The minimum atomic E-state index is 0.527. The van der Waals surface area contributed by atoms with E-state index in [-0.39, 0.29) is 0 Å². The van der Waals surface area contributed by atoms with Crippen LogP contribution < -0.4 is 24.4 Å². The van der Waals surface area contributed by atoms with Gasteiger partial charge in [0.05, 0.1) is 33.4 Å². The molecule has 3 rings (SSSR count). The first kappa shape index (κ1) is 21.9. The minimum absolute atomic E-state index is 0.527. The molecule has 0 unspecified atom stereocenters. The number of hydrogen-bond donors (Lipinski definition) is 1. The highest BCUT2D eigenvalue weighted by atomic mass is 32.1. The molecule has 0 atom stereocenters. The van der Waals surface area contributed by atoms with Crippen molar-refractivity contribution in [3.8, 4) is 17.2 Å². The lowest BCUT2D eigenvalue weighted by atomic mass is 10.1. The van der Waals surface area contributed by atoms with Gasteiger partial charge < -0.3 is 29.3 Å². The smallest absolute Gasteiger partial charge is 0.205 e. The quantitative estimate of drug-likeness (QED) is 0.523. The van der Waals surface area contributed by atoms with Gasteiger partial charge in [-0.15, -0.1) is 0 Å². The topological polar surface area (TPSA) is 84.3 Å². The third-order valence-electron chi connectivity index (χ3n) is 5.08. The molecule has 0 spiro atoms. The zero-order chi connectivity index (χ0) is 21.5. The molecule has 9 nitrogen and oxygen atoms in total. The van der Waals surface area contributed by atoms with E-state index in [1.165, 1.54) is 11.5 Å². The fraction of sp³-hybridized carbons (Fsp3) is 0.550. The van der Waals surface area contributed by atoms with Gasteiger partial charge in [0.15, 0.2) is 5.96 Å². The van der Waals surface area contributed by atoms with Crippen LogP contribution in [0.1, 0.15) is 18.3 Å². The van der Waals surface area contributed by atoms with Crippen molar-refractivity contribution in [2.45, 2.75) is 19.9 Å². The number of piperazine rings is 1. The van der Waals surface area contributed by atoms with E-state index in [2.05, 4.69) is 36.4 Å². The van der Waals surface area contributed by atoms with Crippen molar-refractivity contribution in [1.29, 1.82) is 0 Å². The number of guanidine groups is 1. The maximum atomic E-state index is 5.54. The summed E-state index contributed by atoms with van der Waals surface area (Å²) in [5.74, 6) is 3.87. The van der Waals surface area contributed by atoms with E-state index in [0.717, 1.165) is 55.1 Å². The monoisotopic (exact) mass is 434 g/mol. The van der Waals surface area contributed by atoms with Crippen LogP contribution in [0, 0.1) is 0 Å². The fourth-order valence-electron chi connectivity index (χ4n) is 3.38. The Hall–Kier alpha value is -2.75. The third kappa shape index (κ3) is 4.86. The Kier molecular flexibility index (Phi) is 7.56. The molecule has 30 heavy (non-hydrogen) atoms. The predicted molar refractivity (Wildman–Crippen MR) is 119 cm³/mol. The summed E-state index contributed by atoms with van der Waals surface area (Å²) in [7, 11) is 6.71. The van der Waals surface area contributed by atoms with Crippen LogP contribution in [0.15, 0.2) is 17.1 Å². The van der Waals surface area contributed by atoms with E-state index in [1.807, 2.05) is 12.1 Å². The summed E-state index contributed by atoms with van der Waals surface area (Å²) >= 11 is 1.48. The Bertz CT molecular complexity index is 839. The van der Waals surface area contributed by atoms with E-state index < -0.39 is 0 Å². The highest BCUT2D eigenvalue weighted by Crippen LogP contribution is 2.34. The van der Waals surface area contributed by atoms with Gasteiger partial charge in [-0.3, -0.25) is 4.99 Å². The molecule has 0 saturated carbocycles. The van der Waals surface area contributed by atoms with E-state index >= 15 is 0 Å². The number of methoxy groups -OCH3 is 3. The maximum absolute atomic E-state index is 5.54. The molecule has 1 aromatic heterocycles. The van der Waals surface area contributed by atoms with Crippen LogP contribution in [0.5, 0.6) is 17.2 Å². The number of rotatable bonds is 7. The number of benzene rings is 1. The molecule has 0 aliphatic carbocycles. The van der Waals surface area contributed by atoms with Gasteiger partial charge in [-0.05, 0) is 0 Å². The molecule has 2 heterocycles. The summed E-state index contributed by atoms with van der Waals surface area (Å²) in [6.45, 7) is 6.09. The van der Waals surface area contributed by atoms with Crippen molar-refractivity contribution < 1.29 is 14.2 Å². The number of aromatic nitrogens is 2. The largest absolute Gasteiger partial charge is 0.496 e. The summed E-state index contributed by atoms with van der Waals surface area (Å²) in [5.41, 5.74) is 0.918. The summed E-state index contributed by atoms with van der Waals surface area (Å²) in [6, 6.07) is 3.71. The van der Waals surface area contributed by atoms with Gasteiger partial charge in [0.25, 0.3) is 0 Å². The normalized spacial score (nSPS) is 14.6. The van der Waals surface area contributed by atoms with E-state index in [4.69, 9.17) is 14.2 Å². The van der Waals surface area contributed by atoms with Crippen LogP contribution in [0.4, 0.5) is 5.13 Å². The average Bonchev–Trinajstić information content (AvgIpc) is 3.29. The van der Waals surface area contributed by atoms with Gasteiger partial charge in [-0.25, -0.2) is 4.98 Å². The summed E-state index contributed by atoms with van der Waals surface area (Å²) in [5, 5.41) is 4.44. The molecule has 1 aliphatic rings. The van der Waals surface area contributed by atoms with Crippen molar-refractivity contribution >= 4 is 22.6 Å². The molecule has 0 bridgehead atoms. The molecular formula is C20H30N6O3S. The first-order valence-corrected chi connectivity index (χ1v) is 10.7. The number of anilines is 1. The van der Waals surface area contributed by atoms with Gasteiger partial charge in [-0.1, -0.05) is 6.92 Å². The lowest BCUT2D eigenvalue weighted by molar-refractivity contribution is 0.361. The molecule has 1 saturated heterocycles. The van der Waals surface area contributed by atoms with Gasteiger partial charge in [-0.2, -0.15) is 4.37 Å². The van der Waals surface area contributed by atoms with Crippen molar-refractivity contribution in [2.24, 2.45) is 4.99 Å². The van der Waals surface area contributed by atoms with E-state index in [0.29, 0.717) is 23.8 Å². The summed E-state index contributed by atoms with van der Waals surface area (Å²) < 4.78 is 20.8. The Labute approximate surface area is 181 Å². The molecular weight excluding hydrogens is 404 g/mol. The lowest BCUT2D eigenvalue weighted by Crippen LogP contribution is -2.52. The van der Waals surface area contributed by atoms with Crippen LogP contribution in [0.3, 0.4) is 0 Å². The Morgan fingerprint density at radius 3 is 2.27 bits per heavy atom. The first-order valence-electron chi connectivity index (χ1n) is 9.95. The van der Waals surface area contributed by atoms with Crippen molar-refractivity contribution in [1.82, 2.24) is 19.6 Å². The molecule has 0 amide bonds. The lowest BCUT2D eigenvalue weighted by Gasteiger charge is -2.36. The molecule has 0 radical (unpaired) electrons. The van der Waals surface area contributed by atoms with Gasteiger partial charge >= 0.3 is 0 Å². The highest BCUT2D eigenvalue weighted by molar-refractivity contribution is 7.09. The van der Waals surface area contributed by atoms with Crippen LogP contribution in [-0.4, -0.2) is 74.8 Å². The molecule has 164 valence electrons. The number of aryl methyl sites for hydroxylation is 1. The first-order chi connectivity index (χ1) is 14.6. The summed E-state index contributed by atoms with van der Waals surface area (Å²) in [6.07, 6.45) is 0.866. The van der Waals surface area contributed by atoms with E-state index in [1.54, 1.807) is 28.4 Å². The number of nitrogens with one attached hydrogen (secondary N) is 1. The number of aliphatic imine (C=N–C) groups is 1. The van der Waals surface area contributed by atoms with Gasteiger partial charge in [0.1, 0.15) is 23.1 Å². The number of nitrogens with zero attached hydrogens (tertiary/aromatic N) is 5. The summed E-state index contributed by atoms with van der Waals surface area (Å²) in [4.78, 5) is 13.6. The average molecular weight is 435 g/mol. The number of hydrogen-bond acceptors (Lipinski definition) is 8. The van der Waals surface area contributed by atoms with Crippen molar-refractivity contribution in [3.05, 3.63) is 23.5 Å². The molecule has 10 heteroatoms. The van der Waals surface area contributed by atoms with Crippen LogP contribution in [0.2, 0.25) is 0 Å². The second-order valence-electron chi connectivity index (χ2n) is 6.73. The predicted octanol–water partition coefficient (Wildman–Crippen LogP) is 2.02. The van der Waals surface area contributed by atoms with Gasteiger partial charge in [0, 0.05) is 63.3 Å². The second kappa shape index (κ2) is 10.3. The standard InChI is InChI=1S/C20H30N6O3S/c1-6-18-23-20(30-24-18)26-9-7-25(8-10-26)19(21-2)22-13-15-16(28-4)11-14(27-3)12-17(15)29-5/h11-12H,6-10,13H2,1-5H3,(H,21,22). The Balaban J connectivity index is 1.63. The third-order valence-corrected chi connectivity index (χ3v) is 5.89. The SMILES string of the molecule is CCc1nsc(N2CCN(C(=NC)NCc3c(OC)cc(OC)cc3OC)CC2)n1. The minimum Gasteiger partial charge on any atom is -0.496 e. The van der Waals surface area contributed by atoms with Crippen LogP contribution in [0.25, 0.3) is 0 Å². The molecule has 1 N–H and O–H groups in total. The van der Waals surface area contributed by atoms with E-state index in [9.17, 15) is 0 Å². The second-order valence-corrected chi connectivity index (χ2v) is 7.46. The Morgan fingerprint density at radius 2 is 1.77 bits per heavy atom. The zero-order valence-corrected chi connectivity index (χ0v) is 19.1. The van der Waals surface area contributed by atoms with Gasteiger partial charge in [0.2, 0.25) is 5.13 Å². The molecule has 1 aliphatic heterocycles. The van der Waals surface area contributed by atoms with Crippen molar-refractivity contribution in [2.75, 3.05) is 59.5 Å². The van der Waals surface area contributed by atoms with Crippen molar-refractivity contribution in [3.63, 3.8) is 0 Å². The fourth-order valence-corrected chi connectivity index (χ4v) is 4.18.